The third-order valence-electron chi connectivity index (χ3n) is 1.43. The SMILES string of the molecule is CSc1cc(CC(=O)O)nn1C. The van der Waals surface area contributed by atoms with Crippen molar-refractivity contribution >= 4 is 17.7 Å². The lowest BCUT2D eigenvalue weighted by molar-refractivity contribution is -0.136. The monoisotopic (exact) mass is 186 g/mol. The van der Waals surface area contributed by atoms with Crippen LogP contribution in [0.15, 0.2) is 11.1 Å². The summed E-state index contributed by atoms with van der Waals surface area (Å²) in [7, 11) is 1.80. The highest BCUT2D eigenvalue weighted by molar-refractivity contribution is 7.98. The fourth-order valence-electron chi connectivity index (χ4n) is 0.939. The van der Waals surface area contributed by atoms with Gasteiger partial charge in [0.2, 0.25) is 0 Å². The topological polar surface area (TPSA) is 55.1 Å². The van der Waals surface area contributed by atoms with Crippen LogP contribution >= 0.6 is 11.8 Å². The molecule has 1 aromatic heterocycles. The average Bonchev–Trinajstić information content (AvgIpc) is 2.29. The van der Waals surface area contributed by atoms with E-state index in [0.717, 1.165) is 5.03 Å². The molecule has 0 aromatic carbocycles. The van der Waals surface area contributed by atoms with Gasteiger partial charge in [-0.2, -0.15) is 5.10 Å². The minimum absolute atomic E-state index is 0.00556. The summed E-state index contributed by atoms with van der Waals surface area (Å²) in [6.45, 7) is 0. The Morgan fingerprint density at radius 1 is 1.83 bits per heavy atom. The van der Waals surface area contributed by atoms with Crippen molar-refractivity contribution in [2.45, 2.75) is 11.4 Å². The molecule has 0 aliphatic rings. The summed E-state index contributed by atoms with van der Waals surface area (Å²) in [5.74, 6) is -0.847. The van der Waals surface area contributed by atoms with E-state index in [4.69, 9.17) is 5.11 Å². The van der Waals surface area contributed by atoms with Gasteiger partial charge in [-0.3, -0.25) is 9.48 Å². The fourth-order valence-corrected chi connectivity index (χ4v) is 1.50. The predicted octanol–water partition coefficient (Wildman–Crippen LogP) is 0.769. The van der Waals surface area contributed by atoms with Crippen LogP contribution < -0.4 is 0 Å². The number of aryl methyl sites for hydroxylation is 1. The Balaban J connectivity index is 2.82. The summed E-state index contributed by atoms with van der Waals surface area (Å²) in [6, 6.07) is 1.79. The van der Waals surface area contributed by atoms with E-state index >= 15 is 0 Å². The van der Waals surface area contributed by atoms with Crippen molar-refractivity contribution in [2.75, 3.05) is 6.26 Å². The normalized spacial score (nSPS) is 10.2. The van der Waals surface area contributed by atoms with Crippen LogP contribution in [-0.4, -0.2) is 27.1 Å². The summed E-state index contributed by atoms with van der Waals surface area (Å²) in [4.78, 5) is 10.3. The van der Waals surface area contributed by atoms with Crippen LogP contribution in [-0.2, 0) is 18.3 Å². The highest BCUT2D eigenvalue weighted by Gasteiger charge is 2.06. The Hall–Kier alpha value is -0.970. The second-order valence-electron chi connectivity index (χ2n) is 2.37. The maximum Gasteiger partial charge on any atom is 0.309 e. The number of aromatic nitrogens is 2. The first-order valence-electron chi connectivity index (χ1n) is 3.42. The van der Waals surface area contributed by atoms with Crippen molar-refractivity contribution in [1.82, 2.24) is 9.78 Å². The van der Waals surface area contributed by atoms with Crippen LogP contribution in [0.3, 0.4) is 0 Å². The summed E-state index contributed by atoms with van der Waals surface area (Å²) in [5, 5.41) is 13.5. The molecule has 0 saturated carbocycles. The fraction of sp³-hybridized carbons (Fsp3) is 0.429. The van der Waals surface area contributed by atoms with Gasteiger partial charge < -0.3 is 5.11 Å². The Morgan fingerprint density at radius 3 is 2.92 bits per heavy atom. The zero-order chi connectivity index (χ0) is 9.14. The molecule has 66 valence electrons. The minimum atomic E-state index is -0.847. The van der Waals surface area contributed by atoms with Gasteiger partial charge in [0.05, 0.1) is 17.1 Å². The summed E-state index contributed by atoms with van der Waals surface area (Å²) in [6.07, 6.45) is 1.93. The van der Waals surface area contributed by atoms with Crippen molar-refractivity contribution in [1.29, 1.82) is 0 Å². The van der Waals surface area contributed by atoms with E-state index in [0.29, 0.717) is 5.69 Å². The van der Waals surface area contributed by atoms with E-state index in [-0.39, 0.29) is 6.42 Å². The van der Waals surface area contributed by atoms with E-state index in [9.17, 15) is 4.79 Å². The molecule has 0 spiro atoms. The molecule has 4 nitrogen and oxygen atoms in total. The molecule has 0 aliphatic carbocycles. The number of carboxylic acid groups (broad SMARTS) is 1. The molecule has 0 unspecified atom stereocenters. The summed E-state index contributed by atoms with van der Waals surface area (Å²) < 4.78 is 1.68. The standard InChI is InChI=1S/C7H10N2O2S/c1-9-6(12-2)3-5(8-9)4-7(10)11/h3H,4H2,1-2H3,(H,10,11). The van der Waals surface area contributed by atoms with Crippen LogP contribution in [0.4, 0.5) is 0 Å². The van der Waals surface area contributed by atoms with Gasteiger partial charge in [-0.15, -0.1) is 11.8 Å². The average molecular weight is 186 g/mol. The van der Waals surface area contributed by atoms with Crippen molar-refractivity contribution < 1.29 is 9.90 Å². The van der Waals surface area contributed by atoms with Gasteiger partial charge >= 0.3 is 5.97 Å². The summed E-state index contributed by atoms with van der Waals surface area (Å²) >= 11 is 1.55. The predicted molar refractivity (Wildman–Crippen MR) is 46.3 cm³/mol. The molecule has 0 atom stereocenters. The number of carbonyl (C=O) groups is 1. The van der Waals surface area contributed by atoms with Crippen LogP contribution in [0.1, 0.15) is 5.69 Å². The first-order chi connectivity index (χ1) is 5.63. The molecule has 0 amide bonds. The van der Waals surface area contributed by atoms with E-state index in [2.05, 4.69) is 5.10 Å². The molecule has 0 fully saturated rings. The highest BCUT2D eigenvalue weighted by Crippen LogP contribution is 2.14. The molecule has 0 aliphatic heterocycles. The Morgan fingerprint density at radius 2 is 2.50 bits per heavy atom. The van der Waals surface area contributed by atoms with Crippen LogP contribution in [0, 0.1) is 0 Å². The Bertz CT molecular complexity index is 296. The van der Waals surface area contributed by atoms with Crippen molar-refractivity contribution in [3.05, 3.63) is 11.8 Å². The number of hydrogen-bond acceptors (Lipinski definition) is 3. The highest BCUT2D eigenvalue weighted by atomic mass is 32.2. The van der Waals surface area contributed by atoms with E-state index in [1.54, 1.807) is 29.6 Å². The van der Waals surface area contributed by atoms with Crippen LogP contribution in [0.25, 0.3) is 0 Å². The van der Waals surface area contributed by atoms with E-state index in [1.165, 1.54) is 0 Å². The Labute approximate surface area is 74.6 Å². The second-order valence-corrected chi connectivity index (χ2v) is 3.20. The first kappa shape index (κ1) is 9.12. The van der Waals surface area contributed by atoms with Crippen molar-refractivity contribution in [3.8, 4) is 0 Å². The van der Waals surface area contributed by atoms with Gasteiger partial charge in [0.25, 0.3) is 0 Å². The molecule has 1 heterocycles. The molecule has 5 heteroatoms. The smallest absolute Gasteiger partial charge is 0.309 e. The van der Waals surface area contributed by atoms with Gasteiger partial charge in [0.15, 0.2) is 0 Å². The van der Waals surface area contributed by atoms with Crippen LogP contribution in [0.5, 0.6) is 0 Å². The largest absolute Gasteiger partial charge is 0.481 e. The van der Waals surface area contributed by atoms with E-state index in [1.807, 2.05) is 6.26 Å². The third-order valence-corrected chi connectivity index (χ3v) is 2.23. The maximum atomic E-state index is 10.3. The third kappa shape index (κ3) is 2.01. The minimum Gasteiger partial charge on any atom is -0.481 e. The molecular weight excluding hydrogens is 176 g/mol. The molecule has 0 radical (unpaired) electrons. The van der Waals surface area contributed by atoms with Crippen LogP contribution in [0.2, 0.25) is 0 Å². The molecule has 1 aromatic rings. The molecule has 1 rings (SSSR count). The zero-order valence-electron chi connectivity index (χ0n) is 6.94. The number of rotatable bonds is 3. The first-order valence-corrected chi connectivity index (χ1v) is 4.64. The molecule has 1 N–H and O–H groups in total. The molecule has 0 saturated heterocycles. The lowest BCUT2D eigenvalue weighted by atomic mass is 10.3. The zero-order valence-corrected chi connectivity index (χ0v) is 7.76. The molecular formula is C7H10N2O2S. The number of nitrogens with zero attached hydrogens (tertiary/aromatic N) is 2. The van der Waals surface area contributed by atoms with Gasteiger partial charge in [0, 0.05) is 7.05 Å². The second kappa shape index (κ2) is 3.62. The number of thioether (sulfide) groups is 1. The number of carboxylic acids is 1. The lowest BCUT2D eigenvalue weighted by Gasteiger charge is -1.92. The summed E-state index contributed by atoms with van der Waals surface area (Å²) in [5.41, 5.74) is 0.606. The molecule has 12 heavy (non-hydrogen) atoms. The Kier molecular flexibility index (Phi) is 2.75. The molecule has 0 bridgehead atoms. The van der Waals surface area contributed by atoms with Gasteiger partial charge in [-0.1, -0.05) is 0 Å². The van der Waals surface area contributed by atoms with Crippen molar-refractivity contribution in [2.24, 2.45) is 7.05 Å². The van der Waals surface area contributed by atoms with Gasteiger partial charge in [0.1, 0.15) is 0 Å². The lowest BCUT2D eigenvalue weighted by Crippen LogP contribution is -2.01. The van der Waals surface area contributed by atoms with E-state index < -0.39 is 5.97 Å². The van der Waals surface area contributed by atoms with Crippen molar-refractivity contribution in [3.63, 3.8) is 0 Å². The number of aliphatic carboxylic acids is 1. The quantitative estimate of drug-likeness (QED) is 0.708. The maximum absolute atomic E-state index is 10.3. The number of hydrogen-bond donors (Lipinski definition) is 1. The van der Waals surface area contributed by atoms with Gasteiger partial charge in [-0.25, -0.2) is 0 Å². The van der Waals surface area contributed by atoms with Gasteiger partial charge in [-0.05, 0) is 12.3 Å².